The second kappa shape index (κ2) is 7.62. The van der Waals surface area contributed by atoms with Crippen LogP contribution in [0.1, 0.15) is 19.0 Å². The molecule has 0 bridgehead atoms. The fraction of sp³-hybridized carbons (Fsp3) is 0.381. The predicted molar refractivity (Wildman–Crippen MR) is 107 cm³/mol. The second-order valence-electron chi connectivity index (χ2n) is 7.21. The summed E-state index contributed by atoms with van der Waals surface area (Å²) in [5.41, 5.74) is 3.21. The van der Waals surface area contributed by atoms with E-state index in [-0.39, 0.29) is 17.9 Å². The minimum atomic E-state index is -0.166. The number of fused-ring (bicyclic) bond motifs is 1. The maximum Gasteiger partial charge on any atom is 0.240 e. The first kappa shape index (κ1) is 19.0. The maximum atomic E-state index is 11.6. The molecule has 29 heavy (non-hydrogen) atoms. The van der Waals surface area contributed by atoms with Gasteiger partial charge in [-0.1, -0.05) is 0 Å². The molecule has 8 heteroatoms. The van der Waals surface area contributed by atoms with Crippen molar-refractivity contribution in [3.05, 3.63) is 36.2 Å². The summed E-state index contributed by atoms with van der Waals surface area (Å²) in [5.74, 6) is 1.93. The lowest BCUT2D eigenvalue weighted by Gasteiger charge is -2.20. The van der Waals surface area contributed by atoms with Gasteiger partial charge in [-0.25, -0.2) is 9.50 Å². The molecule has 2 aromatic heterocycles. The third-order valence-corrected chi connectivity index (χ3v) is 5.19. The van der Waals surface area contributed by atoms with E-state index in [9.17, 15) is 4.79 Å². The quantitative estimate of drug-likeness (QED) is 0.689. The van der Waals surface area contributed by atoms with Gasteiger partial charge in [0.25, 0.3) is 0 Å². The lowest BCUT2D eigenvalue weighted by molar-refractivity contribution is -0.119. The standard InChI is InChI=1S/C21H24N4O4/c1-12-7-17-21(29-13(2)15-9-20(26)22-10-15)23-16(11-25(17)24-12)14-5-6-18(27-3)19(8-14)28-4/h5-8,11,13,15H,9-10H2,1-4H3,(H,22,26)/t13-,15?/m1/s1. The Hall–Kier alpha value is -3.29. The number of aromatic nitrogens is 3. The third kappa shape index (κ3) is 3.70. The predicted octanol–water partition coefficient (Wildman–Crippen LogP) is 2.63. The first-order chi connectivity index (χ1) is 14.0. The highest BCUT2D eigenvalue weighted by molar-refractivity contribution is 5.78. The van der Waals surface area contributed by atoms with Gasteiger partial charge in [-0.05, 0) is 38.1 Å². The van der Waals surface area contributed by atoms with Crippen LogP contribution in [-0.2, 0) is 4.79 Å². The molecule has 0 aliphatic carbocycles. The molecule has 0 spiro atoms. The highest BCUT2D eigenvalue weighted by Gasteiger charge is 2.29. The highest BCUT2D eigenvalue weighted by Crippen LogP contribution is 2.33. The zero-order chi connectivity index (χ0) is 20.5. The number of aryl methyl sites for hydroxylation is 1. The van der Waals surface area contributed by atoms with Crippen molar-refractivity contribution in [3.8, 4) is 28.6 Å². The molecule has 2 atom stereocenters. The Bertz CT molecular complexity index is 1060. The minimum absolute atomic E-state index is 0.0582. The number of carbonyl (C=O) groups is 1. The maximum absolute atomic E-state index is 11.6. The molecule has 1 amide bonds. The van der Waals surface area contributed by atoms with Crippen LogP contribution in [0.3, 0.4) is 0 Å². The molecule has 3 heterocycles. The van der Waals surface area contributed by atoms with E-state index in [0.717, 1.165) is 16.8 Å². The number of methoxy groups -OCH3 is 2. The van der Waals surface area contributed by atoms with Gasteiger partial charge >= 0.3 is 0 Å². The van der Waals surface area contributed by atoms with Crippen molar-refractivity contribution in [2.24, 2.45) is 5.92 Å². The number of carbonyl (C=O) groups excluding carboxylic acids is 1. The largest absolute Gasteiger partial charge is 0.493 e. The van der Waals surface area contributed by atoms with E-state index in [2.05, 4.69) is 10.4 Å². The average Bonchev–Trinajstić information content (AvgIpc) is 3.32. The molecule has 1 saturated heterocycles. The van der Waals surface area contributed by atoms with E-state index in [1.807, 2.05) is 44.3 Å². The molecule has 1 aromatic carbocycles. The molecule has 1 N–H and O–H groups in total. The zero-order valence-electron chi connectivity index (χ0n) is 16.9. The molecule has 1 fully saturated rings. The summed E-state index contributed by atoms with van der Waals surface area (Å²) in [6.07, 6.45) is 2.16. The summed E-state index contributed by atoms with van der Waals surface area (Å²) < 4.78 is 18.7. The molecule has 4 rings (SSSR count). The smallest absolute Gasteiger partial charge is 0.240 e. The van der Waals surface area contributed by atoms with Crippen LogP contribution >= 0.6 is 0 Å². The molecule has 0 saturated carbocycles. The molecule has 8 nitrogen and oxygen atoms in total. The Labute approximate surface area is 168 Å². The second-order valence-corrected chi connectivity index (χ2v) is 7.21. The fourth-order valence-electron chi connectivity index (χ4n) is 3.54. The van der Waals surface area contributed by atoms with Crippen molar-refractivity contribution < 1.29 is 19.0 Å². The Balaban J connectivity index is 1.73. The van der Waals surface area contributed by atoms with Gasteiger partial charge < -0.3 is 19.5 Å². The van der Waals surface area contributed by atoms with Crippen LogP contribution < -0.4 is 19.5 Å². The van der Waals surface area contributed by atoms with E-state index in [4.69, 9.17) is 19.2 Å². The van der Waals surface area contributed by atoms with Gasteiger partial charge in [-0.3, -0.25) is 4.79 Å². The van der Waals surface area contributed by atoms with Crippen LogP contribution in [-0.4, -0.2) is 47.4 Å². The van der Waals surface area contributed by atoms with Crippen molar-refractivity contribution >= 4 is 11.4 Å². The van der Waals surface area contributed by atoms with Crippen LogP contribution in [0.25, 0.3) is 16.8 Å². The summed E-state index contributed by atoms with van der Waals surface area (Å²) in [6.45, 7) is 4.51. The number of benzene rings is 1. The summed E-state index contributed by atoms with van der Waals surface area (Å²) in [4.78, 5) is 16.3. The Kier molecular flexibility index (Phi) is 5.00. The van der Waals surface area contributed by atoms with Gasteiger partial charge in [0.2, 0.25) is 11.8 Å². The van der Waals surface area contributed by atoms with Crippen LogP contribution in [0.2, 0.25) is 0 Å². The number of ether oxygens (including phenoxy) is 3. The normalized spacial score (nSPS) is 17.2. The van der Waals surface area contributed by atoms with Crippen molar-refractivity contribution in [3.63, 3.8) is 0 Å². The summed E-state index contributed by atoms with van der Waals surface area (Å²) in [6, 6.07) is 7.56. The summed E-state index contributed by atoms with van der Waals surface area (Å²) in [5, 5.41) is 7.38. The monoisotopic (exact) mass is 396 g/mol. The fourth-order valence-corrected chi connectivity index (χ4v) is 3.54. The van der Waals surface area contributed by atoms with E-state index >= 15 is 0 Å². The average molecular weight is 396 g/mol. The first-order valence-electron chi connectivity index (χ1n) is 9.51. The number of rotatable bonds is 6. The van der Waals surface area contributed by atoms with E-state index in [1.54, 1.807) is 18.7 Å². The van der Waals surface area contributed by atoms with Gasteiger partial charge in [0.05, 0.1) is 31.8 Å². The SMILES string of the molecule is COc1ccc(-c2cn3nc(C)cc3c(O[C@H](C)C3CNC(=O)C3)n2)cc1OC. The van der Waals surface area contributed by atoms with E-state index < -0.39 is 0 Å². The van der Waals surface area contributed by atoms with Gasteiger partial charge in [0.15, 0.2) is 11.5 Å². The summed E-state index contributed by atoms with van der Waals surface area (Å²) in [7, 11) is 3.20. The Morgan fingerprint density at radius 2 is 2.00 bits per heavy atom. The minimum Gasteiger partial charge on any atom is -0.493 e. The highest BCUT2D eigenvalue weighted by atomic mass is 16.5. The topological polar surface area (TPSA) is 87.0 Å². The third-order valence-electron chi connectivity index (χ3n) is 5.19. The van der Waals surface area contributed by atoms with E-state index in [0.29, 0.717) is 36.0 Å². The first-order valence-corrected chi connectivity index (χ1v) is 9.51. The lowest BCUT2D eigenvalue weighted by Crippen LogP contribution is -2.26. The molecule has 1 unspecified atom stereocenters. The van der Waals surface area contributed by atoms with Crippen LogP contribution in [0.4, 0.5) is 0 Å². The van der Waals surface area contributed by atoms with Crippen molar-refractivity contribution in [1.29, 1.82) is 0 Å². The van der Waals surface area contributed by atoms with Crippen LogP contribution in [0, 0.1) is 12.8 Å². The Morgan fingerprint density at radius 3 is 2.69 bits per heavy atom. The van der Waals surface area contributed by atoms with Crippen LogP contribution in [0.5, 0.6) is 17.4 Å². The molecule has 152 valence electrons. The van der Waals surface area contributed by atoms with Crippen molar-refractivity contribution in [2.45, 2.75) is 26.4 Å². The Morgan fingerprint density at radius 1 is 1.21 bits per heavy atom. The molecule has 1 aliphatic rings. The molecule has 0 radical (unpaired) electrons. The number of nitrogens with one attached hydrogen (secondary N) is 1. The molecule has 3 aromatic rings. The van der Waals surface area contributed by atoms with Gasteiger partial charge in [0.1, 0.15) is 11.6 Å². The number of nitrogens with zero attached hydrogens (tertiary/aromatic N) is 3. The number of hydrogen-bond donors (Lipinski definition) is 1. The molecular weight excluding hydrogens is 372 g/mol. The van der Waals surface area contributed by atoms with Gasteiger partial charge in [0, 0.05) is 24.4 Å². The van der Waals surface area contributed by atoms with E-state index in [1.165, 1.54) is 0 Å². The number of amides is 1. The van der Waals surface area contributed by atoms with Gasteiger partial charge in [-0.2, -0.15) is 5.10 Å². The van der Waals surface area contributed by atoms with Crippen LogP contribution in [0.15, 0.2) is 30.5 Å². The van der Waals surface area contributed by atoms with Crippen molar-refractivity contribution in [2.75, 3.05) is 20.8 Å². The molecule has 1 aliphatic heterocycles. The van der Waals surface area contributed by atoms with Gasteiger partial charge in [-0.15, -0.1) is 0 Å². The van der Waals surface area contributed by atoms with Crippen molar-refractivity contribution in [1.82, 2.24) is 19.9 Å². The number of hydrogen-bond acceptors (Lipinski definition) is 6. The lowest BCUT2D eigenvalue weighted by atomic mass is 10.0. The molecular formula is C21H24N4O4. The zero-order valence-corrected chi connectivity index (χ0v) is 16.9. The summed E-state index contributed by atoms with van der Waals surface area (Å²) >= 11 is 0.